The van der Waals surface area contributed by atoms with Gasteiger partial charge in [0, 0.05) is 19.0 Å². The summed E-state index contributed by atoms with van der Waals surface area (Å²) in [7, 11) is 0. The van der Waals surface area contributed by atoms with Crippen molar-refractivity contribution in [1.29, 1.82) is 0 Å². The number of carbonyl (C=O) groups excluding carboxylic acids is 1. The molecule has 1 aliphatic heterocycles. The summed E-state index contributed by atoms with van der Waals surface area (Å²) in [6.45, 7) is 5.16. The van der Waals surface area contributed by atoms with Crippen molar-refractivity contribution in [3.8, 4) is 0 Å². The Morgan fingerprint density at radius 2 is 2.23 bits per heavy atom. The van der Waals surface area contributed by atoms with Crippen LogP contribution >= 0.6 is 0 Å². The maximum Gasteiger partial charge on any atom is 0.226 e. The first-order chi connectivity index (χ1) is 5.99. The maximum absolute atomic E-state index is 11.7. The van der Waals surface area contributed by atoms with Crippen molar-refractivity contribution in [3.63, 3.8) is 0 Å². The molecule has 0 radical (unpaired) electrons. The molecule has 0 spiro atoms. The molecule has 74 valence electrons. The van der Waals surface area contributed by atoms with Crippen LogP contribution in [0.2, 0.25) is 0 Å². The highest BCUT2D eigenvalue weighted by Crippen LogP contribution is 2.40. The lowest BCUT2D eigenvalue weighted by molar-refractivity contribution is -0.132. The molecule has 1 heterocycles. The predicted octanol–water partition coefficient (Wildman–Crippen LogP) is 0.626. The molecule has 0 aromatic heterocycles. The van der Waals surface area contributed by atoms with Gasteiger partial charge in [-0.05, 0) is 25.7 Å². The predicted molar refractivity (Wildman–Crippen MR) is 49.1 cm³/mol. The average Bonchev–Trinajstić information content (AvgIpc) is 2.64. The fourth-order valence-electron chi connectivity index (χ4n) is 2.03. The minimum Gasteiger partial charge on any atom is -0.388 e. The van der Waals surface area contributed by atoms with Gasteiger partial charge >= 0.3 is 0 Å². The Morgan fingerprint density at radius 1 is 1.62 bits per heavy atom. The van der Waals surface area contributed by atoms with Crippen LogP contribution in [0.3, 0.4) is 0 Å². The molecular formula is C10H17NO2. The largest absolute Gasteiger partial charge is 0.388 e. The lowest BCUT2D eigenvalue weighted by Gasteiger charge is -2.18. The molecule has 0 aromatic carbocycles. The number of hydrogen-bond acceptors (Lipinski definition) is 2. The summed E-state index contributed by atoms with van der Waals surface area (Å²) in [5.41, 5.74) is -0.645. The number of β-amino-alcohol motifs (C(OH)–C–C–N with tert-alkyl or cyclic N) is 1. The number of aliphatic hydroxyl groups is 1. The summed E-state index contributed by atoms with van der Waals surface area (Å²) in [5.74, 6) is 1.08. The molecule has 1 N–H and O–H groups in total. The highest BCUT2D eigenvalue weighted by atomic mass is 16.3. The number of hydrogen-bond donors (Lipinski definition) is 1. The number of likely N-dealkylation sites (tertiary alicyclic amines) is 1. The van der Waals surface area contributed by atoms with Crippen LogP contribution in [0.15, 0.2) is 0 Å². The second-order valence-corrected chi connectivity index (χ2v) is 4.83. The van der Waals surface area contributed by atoms with Gasteiger partial charge in [-0.3, -0.25) is 4.79 Å². The molecule has 0 aromatic rings. The Bertz CT molecular complexity index is 237. The van der Waals surface area contributed by atoms with Crippen LogP contribution in [0.1, 0.15) is 26.7 Å². The molecule has 1 saturated carbocycles. The summed E-state index contributed by atoms with van der Waals surface area (Å²) in [6, 6.07) is 0. The van der Waals surface area contributed by atoms with Crippen LogP contribution in [0.5, 0.6) is 0 Å². The van der Waals surface area contributed by atoms with E-state index in [1.54, 1.807) is 6.92 Å². The van der Waals surface area contributed by atoms with Gasteiger partial charge < -0.3 is 10.0 Å². The minimum atomic E-state index is -0.645. The molecule has 3 nitrogen and oxygen atoms in total. The lowest BCUT2D eigenvalue weighted by Crippen LogP contribution is -2.35. The molecule has 1 unspecified atom stereocenters. The van der Waals surface area contributed by atoms with Crippen molar-refractivity contribution in [2.75, 3.05) is 13.1 Å². The molecule has 2 aliphatic rings. The van der Waals surface area contributed by atoms with E-state index in [1.807, 2.05) is 4.90 Å². The van der Waals surface area contributed by atoms with E-state index in [1.165, 1.54) is 0 Å². The highest BCUT2D eigenvalue weighted by Gasteiger charge is 2.44. The molecule has 2 rings (SSSR count). The van der Waals surface area contributed by atoms with Crippen molar-refractivity contribution < 1.29 is 9.90 Å². The number of rotatable bonds is 1. The fraction of sp³-hybridized carbons (Fsp3) is 0.900. The average molecular weight is 183 g/mol. The SMILES string of the molecule is C[C@@H]1C[C@H]1C(=O)N1CCC(C)(O)C1. The first-order valence-corrected chi connectivity index (χ1v) is 5.01. The Labute approximate surface area is 78.7 Å². The summed E-state index contributed by atoms with van der Waals surface area (Å²) in [4.78, 5) is 13.5. The van der Waals surface area contributed by atoms with Gasteiger partial charge in [-0.25, -0.2) is 0 Å². The third kappa shape index (κ3) is 1.70. The molecule has 13 heavy (non-hydrogen) atoms. The van der Waals surface area contributed by atoms with E-state index in [2.05, 4.69) is 6.92 Å². The Morgan fingerprint density at radius 3 is 2.62 bits per heavy atom. The highest BCUT2D eigenvalue weighted by molar-refractivity contribution is 5.82. The van der Waals surface area contributed by atoms with E-state index in [0.717, 1.165) is 19.4 Å². The molecule has 3 atom stereocenters. The van der Waals surface area contributed by atoms with E-state index in [-0.39, 0.29) is 11.8 Å². The van der Waals surface area contributed by atoms with Gasteiger partial charge in [0.1, 0.15) is 0 Å². The quantitative estimate of drug-likeness (QED) is 0.647. The van der Waals surface area contributed by atoms with Crippen LogP contribution in [-0.2, 0) is 4.79 Å². The van der Waals surface area contributed by atoms with Gasteiger partial charge in [0.25, 0.3) is 0 Å². The van der Waals surface area contributed by atoms with Crippen LogP contribution in [0, 0.1) is 11.8 Å². The third-order valence-electron chi connectivity index (χ3n) is 3.19. The van der Waals surface area contributed by atoms with Crippen molar-refractivity contribution in [2.24, 2.45) is 11.8 Å². The topological polar surface area (TPSA) is 40.5 Å². The van der Waals surface area contributed by atoms with Crippen molar-refractivity contribution in [2.45, 2.75) is 32.3 Å². The first-order valence-electron chi connectivity index (χ1n) is 5.01. The summed E-state index contributed by atoms with van der Waals surface area (Å²) in [6.07, 6.45) is 1.76. The summed E-state index contributed by atoms with van der Waals surface area (Å²) < 4.78 is 0. The second kappa shape index (κ2) is 2.71. The Balaban J connectivity index is 1.93. The number of nitrogens with zero attached hydrogens (tertiary/aromatic N) is 1. The smallest absolute Gasteiger partial charge is 0.226 e. The molecule has 3 heteroatoms. The van der Waals surface area contributed by atoms with Crippen molar-refractivity contribution >= 4 is 5.91 Å². The van der Waals surface area contributed by atoms with Crippen LogP contribution in [0.4, 0.5) is 0 Å². The first kappa shape index (κ1) is 9.00. The van der Waals surface area contributed by atoms with Gasteiger partial charge in [0.2, 0.25) is 5.91 Å². The normalized spacial score (nSPS) is 43.8. The lowest BCUT2D eigenvalue weighted by atomic mass is 10.1. The summed E-state index contributed by atoms with van der Waals surface area (Å²) in [5, 5.41) is 9.69. The molecule has 1 aliphatic carbocycles. The van der Waals surface area contributed by atoms with Gasteiger partial charge in [0.15, 0.2) is 0 Å². The summed E-state index contributed by atoms with van der Waals surface area (Å²) >= 11 is 0. The van der Waals surface area contributed by atoms with Gasteiger partial charge in [-0.15, -0.1) is 0 Å². The van der Waals surface area contributed by atoms with Crippen LogP contribution in [0.25, 0.3) is 0 Å². The van der Waals surface area contributed by atoms with E-state index in [0.29, 0.717) is 12.5 Å². The second-order valence-electron chi connectivity index (χ2n) is 4.83. The zero-order chi connectivity index (χ0) is 9.64. The van der Waals surface area contributed by atoms with E-state index in [9.17, 15) is 9.90 Å². The minimum absolute atomic E-state index is 0.255. The number of carbonyl (C=O) groups is 1. The zero-order valence-corrected chi connectivity index (χ0v) is 8.29. The van der Waals surface area contributed by atoms with Crippen LogP contribution in [-0.4, -0.2) is 34.6 Å². The maximum atomic E-state index is 11.7. The molecule has 1 saturated heterocycles. The number of amides is 1. The van der Waals surface area contributed by atoms with Crippen molar-refractivity contribution in [3.05, 3.63) is 0 Å². The standard InChI is InChI=1S/C10H17NO2/c1-7-5-8(7)9(12)11-4-3-10(2,13)6-11/h7-8,13H,3-6H2,1-2H3/t7-,8-,10?/m1/s1. The van der Waals surface area contributed by atoms with Crippen LogP contribution < -0.4 is 0 Å². The monoisotopic (exact) mass is 183 g/mol. The zero-order valence-electron chi connectivity index (χ0n) is 8.29. The molecule has 0 bridgehead atoms. The van der Waals surface area contributed by atoms with E-state index >= 15 is 0 Å². The van der Waals surface area contributed by atoms with Gasteiger partial charge in [-0.2, -0.15) is 0 Å². The third-order valence-corrected chi connectivity index (χ3v) is 3.19. The van der Waals surface area contributed by atoms with Gasteiger partial charge in [-0.1, -0.05) is 6.92 Å². The van der Waals surface area contributed by atoms with E-state index in [4.69, 9.17) is 0 Å². The molecular weight excluding hydrogens is 166 g/mol. The fourth-order valence-corrected chi connectivity index (χ4v) is 2.03. The Hall–Kier alpha value is -0.570. The van der Waals surface area contributed by atoms with Gasteiger partial charge in [0.05, 0.1) is 5.60 Å². The Kier molecular flexibility index (Phi) is 1.88. The van der Waals surface area contributed by atoms with E-state index < -0.39 is 5.60 Å². The molecule has 2 fully saturated rings. The van der Waals surface area contributed by atoms with Crippen molar-refractivity contribution in [1.82, 2.24) is 4.90 Å². The molecule has 1 amide bonds.